The van der Waals surface area contributed by atoms with Gasteiger partial charge in [-0.2, -0.15) is 0 Å². The highest BCUT2D eigenvalue weighted by Gasteiger charge is 2.34. The highest BCUT2D eigenvalue weighted by molar-refractivity contribution is 5.79. The first-order valence-corrected chi connectivity index (χ1v) is 6.84. The predicted octanol–water partition coefficient (Wildman–Crippen LogP) is 1.24. The SMILES string of the molecule is O=C(C1CCC1)N1CC[C@@H]2CNC[C@@H]2CC1. The average molecular weight is 222 g/mol. The summed E-state index contributed by atoms with van der Waals surface area (Å²) in [7, 11) is 0. The van der Waals surface area contributed by atoms with Crippen molar-refractivity contribution in [1.82, 2.24) is 10.2 Å². The molecule has 1 saturated carbocycles. The van der Waals surface area contributed by atoms with Gasteiger partial charge < -0.3 is 10.2 Å². The van der Waals surface area contributed by atoms with Crippen LogP contribution in [0.3, 0.4) is 0 Å². The standard InChI is InChI=1S/C13H22N2O/c16-13(10-2-1-3-10)15-6-4-11-8-14-9-12(11)5-7-15/h10-12,14H,1-9H2/t11-,12+. The third-order valence-electron chi connectivity index (χ3n) is 4.79. The van der Waals surface area contributed by atoms with Crippen molar-refractivity contribution in [3.05, 3.63) is 0 Å². The molecule has 90 valence electrons. The number of carbonyl (C=O) groups excluding carboxylic acids is 1. The number of fused-ring (bicyclic) bond motifs is 1. The predicted molar refractivity (Wildman–Crippen MR) is 63.0 cm³/mol. The van der Waals surface area contributed by atoms with Crippen LogP contribution in [0.1, 0.15) is 32.1 Å². The van der Waals surface area contributed by atoms with Gasteiger partial charge in [0.15, 0.2) is 0 Å². The summed E-state index contributed by atoms with van der Waals surface area (Å²) in [5, 5.41) is 3.48. The number of likely N-dealkylation sites (tertiary alicyclic amines) is 1. The van der Waals surface area contributed by atoms with E-state index in [0.717, 1.165) is 37.8 Å². The minimum atomic E-state index is 0.385. The zero-order valence-electron chi connectivity index (χ0n) is 9.95. The summed E-state index contributed by atoms with van der Waals surface area (Å²) in [5.74, 6) is 2.51. The molecule has 0 bridgehead atoms. The van der Waals surface area contributed by atoms with Crippen LogP contribution in [0.15, 0.2) is 0 Å². The molecule has 3 aliphatic rings. The lowest BCUT2D eigenvalue weighted by Crippen LogP contribution is -2.39. The molecule has 0 aromatic heterocycles. The molecule has 1 amide bonds. The van der Waals surface area contributed by atoms with Crippen LogP contribution >= 0.6 is 0 Å². The van der Waals surface area contributed by atoms with Gasteiger partial charge in [0.25, 0.3) is 0 Å². The van der Waals surface area contributed by atoms with E-state index in [1.165, 1.54) is 32.4 Å². The molecule has 0 spiro atoms. The van der Waals surface area contributed by atoms with Gasteiger partial charge in [-0.3, -0.25) is 4.79 Å². The number of hydrogen-bond acceptors (Lipinski definition) is 2. The van der Waals surface area contributed by atoms with E-state index in [1.54, 1.807) is 0 Å². The lowest BCUT2D eigenvalue weighted by Gasteiger charge is -2.31. The third-order valence-corrected chi connectivity index (χ3v) is 4.79. The Morgan fingerprint density at radius 1 is 1.00 bits per heavy atom. The van der Waals surface area contributed by atoms with Crippen molar-refractivity contribution in [3.63, 3.8) is 0 Å². The minimum absolute atomic E-state index is 0.385. The summed E-state index contributed by atoms with van der Waals surface area (Å²) in [4.78, 5) is 14.3. The summed E-state index contributed by atoms with van der Waals surface area (Å²) in [6, 6.07) is 0. The number of nitrogens with one attached hydrogen (secondary N) is 1. The molecule has 1 N–H and O–H groups in total. The van der Waals surface area contributed by atoms with Crippen molar-refractivity contribution in [2.24, 2.45) is 17.8 Å². The van der Waals surface area contributed by atoms with Gasteiger partial charge in [-0.1, -0.05) is 6.42 Å². The van der Waals surface area contributed by atoms with E-state index in [2.05, 4.69) is 10.2 Å². The Morgan fingerprint density at radius 2 is 1.62 bits per heavy atom. The second-order valence-corrected chi connectivity index (χ2v) is 5.71. The van der Waals surface area contributed by atoms with Crippen LogP contribution in [-0.4, -0.2) is 37.0 Å². The van der Waals surface area contributed by atoms with Crippen molar-refractivity contribution in [2.45, 2.75) is 32.1 Å². The average Bonchev–Trinajstić information content (AvgIpc) is 2.55. The normalized spacial score (nSPS) is 35.4. The molecule has 3 nitrogen and oxygen atoms in total. The van der Waals surface area contributed by atoms with E-state index in [-0.39, 0.29) is 0 Å². The van der Waals surface area contributed by atoms with Crippen molar-refractivity contribution in [1.29, 1.82) is 0 Å². The van der Waals surface area contributed by atoms with Gasteiger partial charge in [-0.15, -0.1) is 0 Å². The summed E-state index contributed by atoms with van der Waals surface area (Å²) < 4.78 is 0. The third kappa shape index (κ3) is 1.86. The number of rotatable bonds is 1. The van der Waals surface area contributed by atoms with Gasteiger partial charge in [-0.25, -0.2) is 0 Å². The highest BCUT2D eigenvalue weighted by atomic mass is 16.2. The van der Waals surface area contributed by atoms with Gasteiger partial charge in [-0.05, 0) is 50.6 Å². The Balaban J connectivity index is 1.59. The fraction of sp³-hybridized carbons (Fsp3) is 0.923. The Kier molecular flexibility index (Phi) is 2.88. The van der Waals surface area contributed by atoms with Crippen LogP contribution in [0.4, 0.5) is 0 Å². The summed E-state index contributed by atoms with van der Waals surface area (Å²) in [6.07, 6.45) is 5.99. The molecule has 0 aromatic carbocycles. The number of nitrogens with zero attached hydrogens (tertiary/aromatic N) is 1. The van der Waals surface area contributed by atoms with Gasteiger partial charge in [0, 0.05) is 19.0 Å². The Morgan fingerprint density at radius 3 is 2.12 bits per heavy atom. The molecule has 0 unspecified atom stereocenters. The minimum Gasteiger partial charge on any atom is -0.342 e. The number of amides is 1. The van der Waals surface area contributed by atoms with Crippen molar-refractivity contribution in [3.8, 4) is 0 Å². The van der Waals surface area contributed by atoms with Gasteiger partial charge in [0.05, 0.1) is 0 Å². The lowest BCUT2D eigenvalue weighted by molar-refractivity contribution is -0.138. The maximum absolute atomic E-state index is 12.2. The number of hydrogen-bond donors (Lipinski definition) is 1. The first-order valence-electron chi connectivity index (χ1n) is 6.84. The first-order chi connectivity index (χ1) is 7.84. The second kappa shape index (κ2) is 4.36. The molecule has 0 radical (unpaired) electrons. The molecular formula is C13H22N2O. The molecule has 2 atom stereocenters. The van der Waals surface area contributed by atoms with E-state index in [1.807, 2.05) is 0 Å². The van der Waals surface area contributed by atoms with E-state index in [4.69, 9.17) is 0 Å². The molecule has 0 aromatic rings. The topological polar surface area (TPSA) is 32.3 Å². The smallest absolute Gasteiger partial charge is 0.225 e. The van der Waals surface area contributed by atoms with Crippen molar-refractivity contribution in [2.75, 3.05) is 26.2 Å². The maximum atomic E-state index is 12.2. The zero-order valence-corrected chi connectivity index (χ0v) is 9.95. The van der Waals surface area contributed by atoms with Gasteiger partial charge in [0.1, 0.15) is 0 Å². The Labute approximate surface area is 97.6 Å². The fourth-order valence-corrected chi connectivity index (χ4v) is 3.35. The molecule has 16 heavy (non-hydrogen) atoms. The lowest BCUT2D eigenvalue weighted by atomic mass is 9.84. The number of carbonyl (C=O) groups is 1. The van der Waals surface area contributed by atoms with Crippen LogP contribution < -0.4 is 5.32 Å². The van der Waals surface area contributed by atoms with Crippen molar-refractivity contribution < 1.29 is 4.79 Å². The second-order valence-electron chi connectivity index (χ2n) is 5.71. The van der Waals surface area contributed by atoms with Crippen LogP contribution in [0, 0.1) is 17.8 Å². The largest absolute Gasteiger partial charge is 0.342 e. The van der Waals surface area contributed by atoms with Gasteiger partial charge in [0.2, 0.25) is 5.91 Å². The molecule has 3 heteroatoms. The Hall–Kier alpha value is -0.570. The van der Waals surface area contributed by atoms with E-state index >= 15 is 0 Å². The monoisotopic (exact) mass is 222 g/mol. The summed E-state index contributed by atoms with van der Waals surface area (Å²) in [6.45, 7) is 4.38. The van der Waals surface area contributed by atoms with E-state index in [9.17, 15) is 4.79 Å². The zero-order chi connectivity index (χ0) is 11.0. The maximum Gasteiger partial charge on any atom is 0.225 e. The van der Waals surface area contributed by atoms with Gasteiger partial charge >= 0.3 is 0 Å². The molecule has 3 fully saturated rings. The quantitative estimate of drug-likeness (QED) is 0.724. The van der Waals surface area contributed by atoms with Crippen LogP contribution in [0.2, 0.25) is 0 Å². The molecule has 2 heterocycles. The summed E-state index contributed by atoms with van der Waals surface area (Å²) in [5.41, 5.74) is 0. The van der Waals surface area contributed by atoms with E-state index in [0.29, 0.717) is 11.8 Å². The van der Waals surface area contributed by atoms with Crippen LogP contribution in [0.5, 0.6) is 0 Å². The van der Waals surface area contributed by atoms with Crippen LogP contribution in [0.25, 0.3) is 0 Å². The Bertz CT molecular complexity index is 261. The molecular weight excluding hydrogens is 200 g/mol. The molecule has 2 saturated heterocycles. The highest BCUT2D eigenvalue weighted by Crippen LogP contribution is 2.31. The molecule has 1 aliphatic carbocycles. The molecule has 3 rings (SSSR count). The van der Waals surface area contributed by atoms with Crippen molar-refractivity contribution >= 4 is 5.91 Å². The fourth-order valence-electron chi connectivity index (χ4n) is 3.35. The first kappa shape index (κ1) is 10.6. The van der Waals surface area contributed by atoms with Crippen LogP contribution in [-0.2, 0) is 4.79 Å². The molecule has 2 aliphatic heterocycles. The van der Waals surface area contributed by atoms with E-state index < -0.39 is 0 Å². The summed E-state index contributed by atoms with van der Waals surface area (Å²) >= 11 is 0.